The van der Waals surface area contributed by atoms with Crippen LogP contribution in [-0.2, 0) is 11.2 Å². The van der Waals surface area contributed by atoms with Gasteiger partial charge < -0.3 is 10.6 Å². The lowest BCUT2D eigenvalue weighted by Gasteiger charge is -2.10. The van der Waals surface area contributed by atoms with Crippen molar-refractivity contribution in [3.05, 3.63) is 82.2 Å². The van der Waals surface area contributed by atoms with Crippen molar-refractivity contribution < 1.29 is 9.18 Å². The molecule has 2 aromatic carbocycles. The molecule has 1 aromatic heterocycles. The van der Waals surface area contributed by atoms with Crippen LogP contribution >= 0.6 is 23.2 Å². The predicted molar refractivity (Wildman–Crippen MR) is 103 cm³/mol. The second-order valence-electron chi connectivity index (χ2n) is 5.47. The van der Waals surface area contributed by atoms with Gasteiger partial charge in [0.2, 0.25) is 5.91 Å². The van der Waals surface area contributed by atoms with Crippen LogP contribution in [0.2, 0.25) is 10.0 Å². The van der Waals surface area contributed by atoms with Crippen molar-refractivity contribution >= 4 is 46.3 Å². The molecule has 0 radical (unpaired) electrons. The maximum Gasteiger partial charge on any atom is 0.228 e. The number of aromatic nitrogens is 1. The molecule has 0 unspecified atom stereocenters. The number of amides is 1. The Kier molecular flexibility index (Phi) is 5.71. The van der Waals surface area contributed by atoms with Crippen LogP contribution in [0.3, 0.4) is 0 Å². The van der Waals surface area contributed by atoms with E-state index < -0.39 is 5.82 Å². The summed E-state index contributed by atoms with van der Waals surface area (Å²) >= 11 is 12.2. The molecule has 0 spiro atoms. The minimum atomic E-state index is -0.406. The third-order valence-electron chi connectivity index (χ3n) is 3.57. The number of para-hydroxylation sites is 1. The zero-order valence-electron chi connectivity index (χ0n) is 13.5. The van der Waals surface area contributed by atoms with Crippen molar-refractivity contribution in [2.45, 2.75) is 6.42 Å². The van der Waals surface area contributed by atoms with Crippen molar-refractivity contribution in [2.24, 2.45) is 0 Å². The highest BCUT2D eigenvalue weighted by molar-refractivity contribution is 6.39. The van der Waals surface area contributed by atoms with E-state index in [1.54, 1.807) is 48.5 Å². The number of halogens is 3. The van der Waals surface area contributed by atoms with Gasteiger partial charge in [0.15, 0.2) is 0 Å². The Hall–Kier alpha value is -2.63. The number of benzene rings is 2. The van der Waals surface area contributed by atoms with Gasteiger partial charge in [-0.3, -0.25) is 4.79 Å². The van der Waals surface area contributed by atoms with Crippen LogP contribution in [0.1, 0.15) is 5.56 Å². The van der Waals surface area contributed by atoms with Crippen LogP contribution in [0.4, 0.5) is 21.6 Å². The molecule has 4 nitrogen and oxygen atoms in total. The Morgan fingerprint density at radius 2 is 1.73 bits per heavy atom. The first-order chi connectivity index (χ1) is 12.5. The number of hydrogen-bond acceptors (Lipinski definition) is 3. The van der Waals surface area contributed by atoms with Gasteiger partial charge in [0.25, 0.3) is 0 Å². The number of carbonyl (C=O) groups is 1. The Morgan fingerprint density at radius 3 is 2.38 bits per heavy atom. The monoisotopic (exact) mass is 389 g/mol. The minimum Gasteiger partial charge on any atom is -0.338 e. The minimum absolute atomic E-state index is 0.0537. The largest absolute Gasteiger partial charge is 0.338 e. The lowest BCUT2D eigenvalue weighted by atomic mass is 10.1. The van der Waals surface area contributed by atoms with Crippen LogP contribution in [-0.4, -0.2) is 10.9 Å². The fraction of sp³-hybridized carbons (Fsp3) is 0.0526. The molecule has 1 amide bonds. The molecular weight excluding hydrogens is 376 g/mol. The average molecular weight is 390 g/mol. The maximum absolute atomic E-state index is 13.6. The van der Waals surface area contributed by atoms with Crippen LogP contribution in [0.25, 0.3) is 0 Å². The van der Waals surface area contributed by atoms with E-state index in [1.807, 2.05) is 0 Å². The van der Waals surface area contributed by atoms with E-state index in [1.165, 1.54) is 12.3 Å². The van der Waals surface area contributed by atoms with Gasteiger partial charge in [-0.2, -0.15) is 0 Å². The highest BCUT2D eigenvalue weighted by Crippen LogP contribution is 2.32. The molecule has 0 bridgehead atoms. The predicted octanol–water partition coefficient (Wildman–Crippen LogP) is 5.45. The number of anilines is 3. The van der Waals surface area contributed by atoms with E-state index in [9.17, 15) is 9.18 Å². The SMILES string of the molecule is O=C(Cc1ccccc1F)Nc1ccc(Nc2c(Cl)cccc2Cl)nc1. The van der Waals surface area contributed by atoms with Gasteiger partial charge in [-0.05, 0) is 35.9 Å². The van der Waals surface area contributed by atoms with Crippen LogP contribution in [0.5, 0.6) is 0 Å². The van der Waals surface area contributed by atoms with E-state index in [2.05, 4.69) is 15.6 Å². The number of pyridine rings is 1. The number of nitrogens with one attached hydrogen (secondary N) is 2. The third kappa shape index (κ3) is 4.50. The van der Waals surface area contributed by atoms with Gasteiger partial charge in [0, 0.05) is 0 Å². The van der Waals surface area contributed by atoms with E-state index in [0.717, 1.165) is 0 Å². The lowest BCUT2D eigenvalue weighted by molar-refractivity contribution is -0.115. The number of hydrogen-bond donors (Lipinski definition) is 2. The summed E-state index contributed by atoms with van der Waals surface area (Å²) < 4.78 is 13.6. The first-order valence-corrected chi connectivity index (χ1v) is 8.49. The summed E-state index contributed by atoms with van der Waals surface area (Å²) in [5.41, 5.74) is 1.39. The quantitative estimate of drug-likeness (QED) is 0.609. The smallest absolute Gasteiger partial charge is 0.228 e. The molecule has 0 aliphatic carbocycles. The molecule has 2 N–H and O–H groups in total. The van der Waals surface area contributed by atoms with E-state index >= 15 is 0 Å². The summed E-state index contributed by atoms with van der Waals surface area (Å²) in [5.74, 6) is -0.212. The molecule has 132 valence electrons. The van der Waals surface area contributed by atoms with Crippen LogP contribution < -0.4 is 10.6 Å². The summed E-state index contributed by atoms with van der Waals surface area (Å²) in [6.07, 6.45) is 1.44. The van der Waals surface area contributed by atoms with Crippen molar-refractivity contribution in [1.29, 1.82) is 0 Å². The number of nitrogens with zero attached hydrogens (tertiary/aromatic N) is 1. The molecule has 3 aromatic rings. The van der Waals surface area contributed by atoms with Crippen molar-refractivity contribution in [2.75, 3.05) is 10.6 Å². The molecule has 0 atom stereocenters. The molecule has 26 heavy (non-hydrogen) atoms. The first kappa shape index (κ1) is 18.2. The second kappa shape index (κ2) is 8.17. The number of carbonyl (C=O) groups excluding carboxylic acids is 1. The molecule has 0 fully saturated rings. The van der Waals surface area contributed by atoms with Crippen LogP contribution in [0.15, 0.2) is 60.8 Å². The third-order valence-corrected chi connectivity index (χ3v) is 4.20. The Labute approximate surface area is 160 Å². The Balaban J connectivity index is 1.64. The van der Waals surface area contributed by atoms with Gasteiger partial charge in [0.05, 0.1) is 34.0 Å². The summed E-state index contributed by atoms with van der Waals surface area (Å²) in [6, 6.07) is 14.7. The van der Waals surface area contributed by atoms with Crippen molar-refractivity contribution in [1.82, 2.24) is 4.98 Å². The standard InChI is InChI=1S/C19H14Cl2FN3O/c20-14-5-3-6-15(21)19(14)25-17-9-8-13(11-23-17)24-18(26)10-12-4-1-2-7-16(12)22/h1-9,11H,10H2,(H,23,25)(H,24,26). The summed E-state index contributed by atoms with van der Waals surface area (Å²) in [6.45, 7) is 0. The molecule has 7 heteroatoms. The zero-order valence-corrected chi connectivity index (χ0v) is 15.0. The molecule has 0 saturated heterocycles. The number of rotatable bonds is 5. The second-order valence-corrected chi connectivity index (χ2v) is 6.28. The average Bonchev–Trinajstić information content (AvgIpc) is 2.62. The fourth-order valence-corrected chi connectivity index (χ4v) is 2.80. The van der Waals surface area contributed by atoms with E-state index in [-0.39, 0.29) is 12.3 Å². The molecule has 0 aliphatic rings. The summed E-state index contributed by atoms with van der Waals surface area (Å²) in [7, 11) is 0. The fourth-order valence-electron chi connectivity index (χ4n) is 2.31. The normalized spacial score (nSPS) is 10.4. The Morgan fingerprint density at radius 1 is 1.00 bits per heavy atom. The van der Waals surface area contributed by atoms with Gasteiger partial charge in [0.1, 0.15) is 11.6 Å². The zero-order chi connectivity index (χ0) is 18.5. The van der Waals surface area contributed by atoms with E-state index in [4.69, 9.17) is 23.2 Å². The lowest BCUT2D eigenvalue weighted by Crippen LogP contribution is -2.15. The van der Waals surface area contributed by atoms with Gasteiger partial charge >= 0.3 is 0 Å². The van der Waals surface area contributed by atoms with E-state index in [0.29, 0.717) is 32.8 Å². The highest BCUT2D eigenvalue weighted by Gasteiger charge is 2.09. The van der Waals surface area contributed by atoms with Gasteiger partial charge in [-0.1, -0.05) is 47.5 Å². The molecular formula is C19H14Cl2FN3O. The first-order valence-electron chi connectivity index (χ1n) is 7.73. The Bertz CT molecular complexity index is 912. The highest BCUT2D eigenvalue weighted by atomic mass is 35.5. The molecule has 1 heterocycles. The summed E-state index contributed by atoms with van der Waals surface area (Å²) in [5, 5.41) is 6.66. The molecule has 0 aliphatic heterocycles. The topological polar surface area (TPSA) is 54.0 Å². The van der Waals surface area contributed by atoms with Gasteiger partial charge in [-0.15, -0.1) is 0 Å². The summed E-state index contributed by atoms with van der Waals surface area (Å²) in [4.78, 5) is 16.3. The van der Waals surface area contributed by atoms with Crippen molar-refractivity contribution in [3.8, 4) is 0 Å². The molecule has 3 rings (SSSR count). The van der Waals surface area contributed by atoms with Crippen LogP contribution in [0, 0.1) is 5.82 Å². The van der Waals surface area contributed by atoms with Crippen molar-refractivity contribution in [3.63, 3.8) is 0 Å². The van der Waals surface area contributed by atoms with Gasteiger partial charge in [-0.25, -0.2) is 9.37 Å². The molecule has 0 saturated carbocycles. The maximum atomic E-state index is 13.6.